The average Bonchev–Trinajstić information content (AvgIpc) is 2.92. The summed E-state index contributed by atoms with van der Waals surface area (Å²) >= 11 is 0. The zero-order valence-corrected chi connectivity index (χ0v) is 15.3. The lowest BCUT2D eigenvalue weighted by atomic mass is 9.86. The third kappa shape index (κ3) is 4.08. The van der Waals surface area contributed by atoms with Crippen LogP contribution >= 0.6 is 0 Å². The van der Waals surface area contributed by atoms with E-state index in [-0.39, 0.29) is 30.1 Å². The van der Waals surface area contributed by atoms with Crippen molar-refractivity contribution in [2.24, 2.45) is 0 Å². The molecule has 0 unspecified atom stereocenters. The minimum atomic E-state index is -0.647. The molecular weight excluding hydrogens is 306 g/mol. The number of ether oxygens (including phenoxy) is 2. The molecule has 24 heavy (non-hydrogen) atoms. The molecule has 1 aliphatic rings. The van der Waals surface area contributed by atoms with Gasteiger partial charge in [-0.3, -0.25) is 4.79 Å². The summed E-state index contributed by atoms with van der Waals surface area (Å²) in [5.41, 5.74) is 1.01. The normalized spacial score (nSPS) is 24.0. The van der Waals surface area contributed by atoms with Crippen molar-refractivity contribution >= 4 is 5.91 Å². The summed E-state index contributed by atoms with van der Waals surface area (Å²) in [5.74, 6) is 0.591. The molecule has 0 radical (unpaired) electrons. The predicted octanol–water partition coefficient (Wildman–Crippen LogP) is 2.36. The number of likely N-dealkylation sites (N-methyl/N-ethyl adjacent to an activating group) is 1. The molecule has 0 bridgehead atoms. The van der Waals surface area contributed by atoms with Crippen LogP contribution in [0.3, 0.4) is 0 Å². The number of para-hydroxylation sites is 1. The predicted molar refractivity (Wildman–Crippen MR) is 93.2 cm³/mol. The Balaban J connectivity index is 1.99. The van der Waals surface area contributed by atoms with Gasteiger partial charge >= 0.3 is 0 Å². The number of aliphatic hydroxyl groups is 1. The molecule has 134 valence electrons. The first-order chi connectivity index (χ1) is 11.3. The van der Waals surface area contributed by atoms with Crippen LogP contribution in [-0.2, 0) is 14.9 Å². The number of amides is 1. The van der Waals surface area contributed by atoms with Gasteiger partial charge in [-0.1, -0.05) is 39.0 Å². The number of rotatable bonds is 5. The van der Waals surface area contributed by atoms with Crippen molar-refractivity contribution < 1.29 is 19.4 Å². The number of benzene rings is 1. The Hall–Kier alpha value is -1.59. The maximum absolute atomic E-state index is 12.5. The minimum absolute atomic E-state index is 0.0372. The van der Waals surface area contributed by atoms with Crippen molar-refractivity contribution in [1.29, 1.82) is 0 Å². The van der Waals surface area contributed by atoms with Crippen molar-refractivity contribution in [1.82, 2.24) is 4.90 Å². The van der Waals surface area contributed by atoms with Crippen LogP contribution in [0.1, 0.15) is 39.2 Å². The molecule has 0 spiro atoms. The van der Waals surface area contributed by atoms with Crippen molar-refractivity contribution in [3.63, 3.8) is 0 Å². The van der Waals surface area contributed by atoms with E-state index in [4.69, 9.17) is 9.47 Å². The fourth-order valence-electron chi connectivity index (χ4n) is 3.24. The molecule has 2 rings (SSSR count). The molecule has 1 aliphatic carbocycles. The highest BCUT2D eigenvalue weighted by molar-refractivity contribution is 5.78. The van der Waals surface area contributed by atoms with E-state index >= 15 is 0 Å². The molecule has 1 aromatic carbocycles. The van der Waals surface area contributed by atoms with Gasteiger partial charge in [0.05, 0.1) is 12.1 Å². The highest BCUT2D eigenvalue weighted by Gasteiger charge is 2.38. The lowest BCUT2D eigenvalue weighted by Gasteiger charge is -2.29. The average molecular weight is 335 g/mol. The van der Waals surface area contributed by atoms with E-state index in [1.54, 1.807) is 19.1 Å². The summed E-state index contributed by atoms with van der Waals surface area (Å²) in [7, 11) is 3.30. The number of aliphatic hydroxyl groups excluding tert-OH is 1. The topological polar surface area (TPSA) is 59.0 Å². The van der Waals surface area contributed by atoms with E-state index in [2.05, 4.69) is 20.8 Å². The molecule has 5 heteroatoms. The summed E-state index contributed by atoms with van der Waals surface area (Å²) in [4.78, 5) is 14.0. The molecule has 1 fully saturated rings. The van der Waals surface area contributed by atoms with Crippen LogP contribution < -0.4 is 4.74 Å². The summed E-state index contributed by atoms with van der Waals surface area (Å²) in [6.45, 7) is 6.30. The summed E-state index contributed by atoms with van der Waals surface area (Å²) in [5, 5.41) is 10.2. The molecule has 0 saturated heterocycles. The van der Waals surface area contributed by atoms with Gasteiger partial charge < -0.3 is 19.5 Å². The molecule has 1 amide bonds. The second-order valence-corrected chi connectivity index (χ2v) is 7.45. The summed E-state index contributed by atoms with van der Waals surface area (Å²) < 4.78 is 11.0. The zero-order chi connectivity index (χ0) is 17.9. The van der Waals surface area contributed by atoms with Crippen LogP contribution in [0.5, 0.6) is 5.75 Å². The monoisotopic (exact) mass is 335 g/mol. The Morgan fingerprint density at radius 1 is 1.29 bits per heavy atom. The van der Waals surface area contributed by atoms with Gasteiger partial charge in [0.2, 0.25) is 0 Å². The number of nitrogens with zero attached hydrogens (tertiary/aromatic N) is 1. The van der Waals surface area contributed by atoms with Crippen LogP contribution in [0.4, 0.5) is 0 Å². The second-order valence-electron chi connectivity index (χ2n) is 7.45. The summed E-state index contributed by atoms with van der Waals surface area (Å²) in [6.07, 6.45) is 0.646. The van der Waals surface area contributed by atoms with E-state index in [0.29, 0.717) is 0 Å². The molecule has 3 atom stereocenters. The number of hydrogen-bond acceptors (Lipinski definition) is 4. The molecule has 0 aromatic heterocycles. The number of methoxy groups -OCH3 is 1. The lowest BCUT2D eigenvalue weighted by Crippen LogP contribution is -2.46. The van der Waals surface area contributed by atoms with Gasteiger partial charge in [-0.05, 0) is 29.9 Å². The van der Waals surface area contributed by atoms with E-state index < -0.39 is 6.10 Å². The van der Waals surface area contributed by atoms with Gasteiger partial charge in [-0.25, -0.2) is 0 Å². The Morgan fingerprint density at radius 3 is 2.54 bits per heavy atom. The fraction of sp³-hybridized carbons (Fsp3) is 0.632. The first-order valence-electron chi connectivity index (χ1n) is 8.44. The van der Waals surface area contributed by atoms with Crippen LogP contribution in [0.15, 0.2) is 24.3 Å². The molecule has 1 saturated carbocycles. The van der Waals surface area contributed by atoms with Gasteiger partial charge in [0.1, 0.15) is 11.9 Å². The molecule has 1 aromatic rings. The lowest BCUT2D eigenvalue weighted by molar-refractivity contribution is -0.136. The zero-order valence-electron chi connectivity index (χ0n) is 15.3. The van der Waals surface area contributed by atoms with E-state index in [1.807, 2.05) is 24.3 Å². The maximum Gasteiger partial charge on any atom is 0.260 e. The number of carbonyl (C=O) groups excluding carboxylic acids is 1. The van der Waals surface area contributed by atoms with Gasteiger partial charge in [0.15, 0.2) is 6.61 Å². The third-order valence-corrected chi connectivity index (χ3v) is 4.76. The Morgan fingerprint density at radius 2 is 1.96 bits per heavy atom. The second kappa shape index (κ2) is 7.53. The smallest absolute Gasteiger partial charge is 0.260 e. The molecular formula is C19H29NO4. The first-order valence-corrected chi connectivity index (χ1v) is 8.44. The Kier molecular flexibility index (Phi) is 5.88. The van der Waals surface area contributed by atoms with E-state index in [9.17, 15) is 9.90 Å². The van der Waals surface area contributed by atoms with Crippen molar-refractivity contribution in [2.45, 2.75) is 57.3 Å². The molecule has 5 nitrogen and oxygen atoms in total. The third-order valence-electron chi connectivity index (χ3n) is 4.76. The van der Waals surface area contributed by atoms with Crippen molar-refractivity contribution in [3.05, 3.63) is 29.8 Å². The van der Waals surface area contributed by atoms with Gasteiger partial charge in [-0.15, -0.1) is 0 Å². The van der Waals surface area contributed by atoms with Gasteiger partial charge in [0, 0.05) is 14.2 Å². The SMILES string of the molecule is CO[C@@H]1CC[C@@H](N(C)C(=O)COc2ccccc2C(C)(C)C)[C@H]1O. The number of carbonyl (C=O) groups is 1. The van der Waals surface area contributed by atoms with Gasteiger partial charge in [0.25, 0.3) is 5.91 Å². The molecule has 0 heterocycles. The van der Waals surface area contributed by atoms with Crippen molar-refractivity contribution in [3.8, 4) is 5.75 Å². The minimum Gasteiger partial charge on any atom is -0.483 e. The summed E-state index contributed by atoms with van der Waals surface area (Å²) in [6, 6.07) is 7.57. The van der Waals surface area contributed by atoms with Crippen LogP contribution in [0.2, 0.25) is 0 Å². The fourth-order valence-corrected chi connectivity index (χ4v) is 3.24. The van der Waals surface area contributed by atoms with Crippen LogP contribution in [0, 0.1) is 0 Å². The van der Waals surface area contributed by atoms with Crippen LogP contribution in [-0.4, -0.2) is 54.9 Å². The Bertz CT molecular complexity index is 567. The van der Waals surface area contributed by atoms with Crippen molar-refractivity contribution in [2.75, 3.05) is 20.8 Å². The first kappa shape index (κ1) is 18.7. The Labute approximate surface area is 144 Å². The quantitative estimate of drug-likeness (QED) is 0.897. The standard InChI is InChI=1S/C19H29NO4/c1-19(2,3)13-8-6-7-9-15(13)24-12-17(21)20(4)14-10-11-16(23-5)18(14)22/h6-9,14,16,18,22H,10-12H2,1-5H3/t14-,16-,18-/m1/s1. The van der Waals surface area contributed by atoms with E-state index in [0.717, 1.165) is 24.2 Å². The number of hydrogen-bond donors (Lipinski definition) is 1. The largest absolute Gasteiger partial charge is 0.483 e. The molecule has 0 aliphatic heterocycles. The van der Waals surface area contributed by atoms with Gasteiger partial charge in [-0.2, -0.15) is 0 Å². The maximum atomic E-state index is 12.5. The van der Waals surface area contributed by atoms with Crippen LogP contribution in [0.25, 0.3) is 0 Å². The van der Waals surface area contributed by atoms with E-state index in [1.165, 1.54) is 0 Å². The highest BCUT2D eigenvalue weighted by atomic mass is 16.5. The highest BCUT2D eigenvalue weighted by Crippen LogP contribution is 2.31. The molecule has 1 N–H and O–H groups in total.